The van der Waals surface area contributed by atoms with Crippen molar-refractivity contribution in [2.24, 2.45) is 5.73 Å². The number of hydrogen-bond acceptors (Lipinski definition) is 3. The van der Waals surface area contributed by atoms with E-state index in [0.29, 0.717) is 6.54 Å². The maximum absolute atomic E-state index is 6.09. The first kappa shape index (κ1) is 14.8. The van der Waals surface area contributed by atoms with Crippen LogP contribution in [0.4, 0.5) is 0 Å². The lowest BCUT2D eigenvalue weighted by Crippen LogP contribution is -2.41. The second-order valence-electron chi connectivity index (χ2n) is 7.04. The number of benzene rings is 1. The summed E-state index contributed by atoms with van der Waals surface area (Å²) in [5.74, 6) is 0. The van der Waals surface area contributed by atoms with Gasteiger partial charge in [-0.3, -0.25) is 0 Å². The Morgan fingerprint density at radius 3 is 2.24 bits per heavy atom. The van der Waals surface area contributed by atoms with Crippen molar-refractivity contribution in [3.8, 4) is 0 Å². The van der Waals surface area contributed by atoms with E-state index in [0.717, 1.165) is 5.47 Å². The zero-order valence-corrected chi connectivity index (χ0v) is 13.4. The molecule has 0 spiro atoms. The molecule has 2 aliphatic rings. The third-order valence-electron chi connectivity index (χ3n) is 5.04. The summed E-state index contributed by atoms with van der Waals surface area (Å²) in [6.07, 6.45) is 4.51. The Morgan fingerprint density at radius 1 is 1.14 bits per heavy atom. The molecule has 0 unspecified atom stereocenters. The van der Waals surface area contributed by atoms with Crippen LogP contribution < -0.4 is 5.73 Å². The minimum Gasteiger partial charge on any atom is -0.400 e. The molecule has 1 aromatic carbocycles. The SMILES string of the molecule is CC1(C)OB(C(=Cc2ccc3c(c2)CC3)CN)OC1(C)C. The van der Waals surface area contributed by atoms with Gasteiger partial charge in [0.25, 0.3) is 0 Å². The first-order valence-electron chi connectivity index (χ1n) is 7.70. The predicted molar refractivity (Wildman–Crippen MR) is 87.0 cm³/mol. The molecule has 1 fully saturated rings. The molecule has 1 saturated heterocycles. The molecule has 0 amide bonds. The van der Waals surface area contributed by atoms with Crippen molar-refractivity contribution in [2.75, 3.05) is 6.54 Å². The monoisotopic (exact) mass is 285 g/mol. The van der Waals surface area contributed by atoms with Gasteiger partial charge in [-0.2, -0.15) is 0 Å². The lowest BCUT2D eigenvalue weighted by Gasteiger charge is -2.32. The molecule has 0 saturated carbocycles. The molecule has 1 aromatic rings. The van der Waals surface area contributed by atoms with E-state index in [1.165, 1.54) is 29.5 Å². The summed E-state index contributed by atoms with van der Waals surface area (Å²) in [6, 6.07) is 6.61. The molecule has 0 atom stereocenters. The highest BCUT2D eigenvalue weighted by Gasteiger charge is 2.52. The topological polar surface area (TPSA) is 44.5 Å². The van der Waals surface area contributed by atoms with Crippen molar-refractivity contribution in [1.29, 1.82) is 0 Å². The highest BCUT2D eigenvalue weighted by Crippen LogP contribution is 2.38. The summed E-state index contributed by atoms with van der Waals surface area (Å²) in [4.78, 5) is 0. The van der Waals surface area contributed by atoms with Crippen molar-refractivity contribution in [3.63, 3.8) is 0 Å². The Hall–Kier alpha value is -1.10. The van der Waals surface area contributed by atoms with Crippen molar-refractivity contribution in [2.45, 2.75) is 51.7 Å². The molecule has 3 rings (SSSR count). The van der Waals surface area contributed by atoms with Gasteiger partial charge in [0, 0.05) is 6.54 Å². The van der Waals surface area contributed by atoms with E-state index in [4.69, 9.17) is 15.0 Å². The summed E-state index contributed by atoms with van der Waals surface area (Å²) < 4.78 is 12.2. The van der Waals surface area contributed by atoms with Crippen molar-refractivity contribution in [1.82, 2.24) is 0 Å². The molecule has 1 aliphatic carbocycles. The molecule has 4 heteroatoms. The zero-order valence-electron chi connectivity index (χ0n) is 13.4. The average Bonchev–Trinajstić information content (AvgIpc) is 2.58. The minimum atomic E-state index is -0.355. The van der Waals surface area contributed by atoms with Gasteiger partial charge < -0.3 is 15.0 Å². The fourth-order valence-electron chi connectivity index (χ4n) is 2.74. The van der Waals surface area contributed by atoms with Gasteiger partial charge >= 0.3 is 7.12 Å². The first-order valence-corrected chi connectivity index (χ1v) is 7.70. The van der Waals surface area contributed by atoms with E-state index in [2.05, 4.69) is 52.0 Å². The summed E-state index contributed by atoms with van der Waals surface area (Å²) in [5.41, 5.74) is 10.4. The number of hydrogen-bond donors (Lipinski definition) is 1. The van der Waals surface area contributed by atoms with Crippen LogP contribution in [0.1, 0.15) is 44.4 Å². The van der Waals surface area contributed by atoms with Crippen LogP contribution in [0, 0.1) is 0 Å². The number of rotatable bonds is 3. The summed E-state index contributed by atoms with van der Waals surface area (Å²) >= 11 is 0. The molecule has 3 nitrogen and oxygen atoms in total. The van der Waals surface area contributed by atoms with Gasteiger partial charge in [-0.05, 0) is 62.7 Å². The fraction of sp³-hybridized carbons (Fsp3) is 0.529. The lowest BCUT2D eigenvalue weighted by molar-refractivity contribution is 0.00578. The van der Waals surface area contributed by atoms with Crippen LogP contribution in [-0.2, 0) is 22.2 Å². The molecular weight excluding hydrogens is 261 g/mol. The number of nitrogens with two attached hydrogens (primary N) is 1. The first-order chi connectivity index (χ1) is 9.82. The van der Waals surface area contributed by atoms with Crippen molar-refractivity contribution < 1.29 is 9.31 Å². The van der Waals surface area contributed by atoms with Crippen molar-refractivity contribution in [3.05, 3.63) is 40.4 Å². The van der Waals surface area contributed by atoms with Gasteiger partial charge in [0.15, 0.2) is 0 Å². The smallest absolute Gasteiger partial charge is 0.400 e. The largest absolute Gasteiger partial charge is 0.491 e. The Morgan fingerprint density at radius 2 is 1.76 bits per heavy atom. The summed E-state index contributed by atoms with van der Waals surface area (Å²) in [6.45, 7) is 8.69. The quantitative estimate of drug-likeness (QED) is 0.868. The zero-order chi connectivity index (χ0) is 15.3. The maximum Gasteiger partial charge on any atom is 0.491 e. The van der Waals surface area contributed by atoms with Crippen LogP contribution in [-0.4, -0.2) is 24.9 Å². The maximum atomic E-state index is 6.09. The van der Waals surface area contributed by atoms with Gasteiger partial charge in [0.1, 0.15) is 0 Å². The minimum absolute atomic E-state index is 0.327. The van der Waals surface area contributed by atoms with Crippen LogP contribution in [0.2, 0.25) is 0 Å². The molecular formula is C17H24BNO2. The van der Waals surface area contributed by atoms with Crippen molar-refractivity contribution >= 4 is 13.2 Å². The van der Waals surface area contributed by atoms with E-state index in [9.17, 15) is 0 Å². The fourth-order valence-corrected chi connectivity index (χ4v) is 2.74. The van der Waals surface area contributed by atoms with E-state index >= 15 is 0 Å². The second kappa shape index (κ2) is 4.97. The number of fused-ring (bicyclic) bond motifs is 1. The van der Waals surface area contributed by atoms with E-state index in [-0.39, 0.29) is 18.3 Å². The number of aryl methyl sites for hydroxylation is 2. The van der Waals surface area contributed by atoms with E-state index in [1.807, 2.05) is 0 Å². The van der Waals surface area contributed by atoms with Gasteiger partial charge in [-0.25, -0.2) is 0 Å². The van der Waals surface area contributed by atoms with Gasteiger partial charge in [-0.15, -0.1) is 0 Å². The lowest BCUT2D eigenvalue weighted by atomic mass is 9.76. The van der Waals surface area contributed by atoms with Gasteiger partial charge in [0.05, 0.1) is 11.2 Å². The Labute approximate surface area is 127 Å². The van der Waals surface area contributed by atoms with Crippen LogP contribution >= 0.6 is 0 Å². The molecule has 21 heavy (non-hydrogen) atoms. The van der Waals surface area contributed by atoms with Crippen LogP contribution in [0.15, 0.2) is 23.7 Å². The van der Waals surface area contributed by atoms with Gasteiger partial charge in [0.2, 0.25) is 0 Å². The summed E-state index contributed by atoms with van der Waals surface area (Å²) in [5, 5.41) is 0. The highest BCUT2D eigenvalue weighted by atomic mass is 16.7. The normalized spacial score (nSPS) is 22.9. The Kier molecular flexibility index (Phi) is 3.51. The molecule has 0 radical (unpaired) electrons. The third-order valence-corrected chi connectivity index (χ3v) is 5.04. The molecule has 0 aromatic heterocycles. The van der Waals surface area contributed by atoms with Gasteiger partial charge in [-0.1, -0.05) is 24.3 Å². The van der Waals surface area contributed by atoms with Crippen LogP contribution in [0.5, 0.6) is 0 Å². The Bertz CT molecular complexity index is 576. The molecule has 1 heterocycles. The van der Waals surface area contributed by atoms with E-state index in [1.54, 1.807) is 0 Å². The third kappa shape index (κ3) is 2.56. The second-order valence-corrected chi connectivity index (χ2v) is 7.04. The van der Waals surface area contributed by atoms with Crippen LogP contribution in [0.25, 0.3) is 6.08 Å². The predicted octanol–water partition coefficient (Wildman–Crippen LogP) is 2.76. The Balaban J connectivity index is 1.85. The highest BCUT2D eigenvalue weighted by molar-refractivity contribution is 6.55. The molecule has 112 valence electrons. The molecule has 1 aliphatic heterocycles. The molecule has 2 N–H and O–H groups in total. The summed E-state index contributed by atoms with van der Waals surface area (Å²) in [7, 11) is -0.355. The standard InChI is InChI=1S/C17H24BNO2/c1-16(2)17(3,4)21-18(20-16)15(11-19)10-12-5-6-13-7-8-14(13)9-12/h5-6,9-10H,7-8,11,19H2,1-4H3. The van der Waals surface area contributed by atoms with E-state index < -0.39 is 0 Å². The average molecular weight is 285 g/mol. The molecule has 0 bridgehead atoms. The van der Waals surface area contributed by atoms with Crippen LogP contribution in [0.3, 0.4) is 0 Å².